The molecule has 6 heteroatoms. The lowest BCUT2D eigenvalue weighted by atomic mass is 9.80. The number of amides is 1. The maximum atomic E-state index is 12.0. The van der Waals surface area contributed by atoms with Gasteiger partial charge in [0.25, 0.3) is 0 Å². The van der Waals surface area contributed by atoms with Gasteiger partial charge in [0.15, 0.2) is 0 Å². The van der Waals surface area contributed by atoms with Crippen molar-refractivity contribution in [3.05, 3.63) is 0 Å². The molecular formula is C15H28N2O4. The monoisotopic (exact) mass is 300 g/mol. The third kappa shape index (κ3) is 5.91. The van der Waals surface area contributed by atoms with Crippen LogP contribution in [0.3, 0.4) is 0 Å². The number of carboxylic acid groups (broad SMARTS) is 1. The number of hydrogen-bond acceptors (Lipinski definition) is 4. The zero-order valence-corrected chi connectivity index (χ0v) is 13.7. The first kappa shape index (κ1) is 17.8. The number of aliphatic carboxylic acids is 1. The van der Waals surface area contributed by atoms with Gasteiger partial charge in [-0.3, -0.25) is 4.79 Å². The molecular weight excluding hydrogens is 272 g/mol. The van der Waals surface area contributed by atoms with Gasteiger partial charge in [-0.25, -0.2) is 4.79 Å². The third-order valence-corrected chi connectivity index (χ3v) is 3.83. The van der Waals surface area contributed by atoms with Crippen LogP contribution in [-0.2, 0) is 9.53 Å². The maximum absolute atomic E-state index is 12.0. The van der Waals surface area contributed by atoms with Gasteiger partial charge in [0.2, 0.25) is 0 Å². The summed E-state index contributed by atoms with van der Waals surface area (Å²) in [7, 11) is 0. The Hall–Kier alpha value is -1.30. The van der Waals surface area contributed by atoms with Crippen LogP contribution in [0.4, 0.5) is 4.79 Å². The molecule has 6 nitrogen and oxygen atoms in total. The highest BCUT2D eigenvalue weighted by Crippen LogP contribution is 2.30. The van der Waals surface area contributed by atoms with Crippen LogP contribution in [0.25, 0.3) is 0 Å². The Labute approximate surface area is 126 Å². The van der Waals surface area contributed by atoms with Crippen molar-refractivity contribution in [3.8, 4) is 0 Å². The van der Waals surface area contributed by atoms with Crippen LogP contribution in [0.15, 0.2) is 0 Å². The first-order valence-corrected chi connectivity index (χ1v) is 7.47. The molecule has 0 aliphatic carbocycles. The Balaban J connectivity index is 2.43. The van der Waals surface area contributed by atoms with Crippen molar-refractivity contribution in [2.24, 2.45) is 5.41 Å². The second kappa shape index (κ2) is 6.64. The predicted octanol–water partition coefficient (Wildman–Crippen LogP) is 2.09. The molecule has 1 unspecified atom stereocenters. The number of rotatable bonds is 4. The molecule has 1 atom stereocenters. The molecule has 122 valence electrons. The van der Waals surface area contributed by atoms with E-state index in [2.05, 4.69) is 12.2 Å². The fourth-order valence-electron chi connectivity index (χ4n) is 2.22. The number of hydrogen-bond donors (Lipinski definition) is 2. The third-order valence-electron chi connectivity index (χ3n) is 3.83. The highest BCUT2D eigenvalue weighted by Gasteiger charge is 2.34. The van der Waals surface area contributed by atoms with E-state index in [0.717, 1.165) is 12.8 Å². The van der Waals surface area contributed by atoms with Crippen molar-refractivity contribution >= 4 is 12.1 Å². The van der Waals surface area contributed by atoms with Crippen molar-refractivity contribution in [3.63, 3.8) is 0 Å². The topological polar surface area (TPSA) is 78.9 Å². The van der Waals surface area contributed by atoms with E-state index in [1.807, 2.05) is 20.8 Å². The molecule has 0 radical (unpaired) electrons. The van der Waals surface area contributed by atoms with Crippen LogP contribution in [0.1, 0.15) is 47.5 Å². The number of ether oxygens (including phenoxy) is 1. The molecule has 1 fully saturated rings. The molecule has 1 rings (SSSR count). The van der Waals surface area contributed by atoms with Crippen LogP contribution >= 0.6 is 0 Å². The number of likely N-dealkylation sites (tertiary alicyclic amines) is 1. The van der Waals surface area contributed by atoms with E-state index in [1.165, 1.54) is 0 Å². The second-order valence-corrected chi connectivity index (χ2v) is 7.22. The van der Waals surface area contributed by atoms with Crippen LogP contribution in [0.5, 0.6) is 0 Å². The van der Waals surface area contributed by atoms with Gasteiger partial charge in [-0.2, -0.15) is 0 Å². The van der Waals surface area contributed by atoms with Gasteiger partial charge in [0.1, 0.15) is 11.6 Å². The highest BCUT2D eigenvalue weighted by atomic mass is 16.6. The van der Waals surface area contributed by atoms with E-state index >= 15 is 0 Å². The molecule has 1 aliphatic heterocycles. The lowest BCUT2D eigenvalue weighted by molar-refractivity contribution is -0.139. The summed E-state index contributed by atoms with van der Waals surface area (Å²) in [6, 6.07) is -0.550. The number of nitrogens with one attached hydrogen (secondary N) is 1. The minimum Gasteiger partial charge on any atom is -0.480 e. The zero-order valence-electron chi connectivity index (χ0n) is 13.7. The average Bonchev–Trinajstić information content (AvgIpc) is 2.34. The average molecular weight is 300 g/mol. The van der Waals surface area contributed by atoms with Gasteiger partial charge in [0, 0.05) is 19.6 Å². The van der Waals surface area contributed by atoms with E-state index in [0.29, 0.717) is 19.6 Å². The van der Waals surface area contributed by atoms with Crippen molar-refractivity contribution in [1.29, 1.82) is 0 Å². The van der Waals surface area contributed by atoms with Crippen molar-refractivity contribution in [2.75, 3.05) is 19.6 Å². The van der Waals surface area contributed by atoms with E-state index in [1.54, 1.807) is 11.8 Å². The Morgan fingerprint density at radius 3 is 2.29 bits per heavy atom. The summed E-state index contributed by atoms with van der Waals surface area (Å²) in [6.07, 6.45) is 1.41. The SMILES string of the molecule is CC(NCC1(C)CCN(C(=O)OC(C)(C)C)CC1)C(=O)O. The van der Waals surface area contributed by atoms with Gasteiger partial charge in [-0.05, 0) is 46.0 Å². The highest BCUT2D eigenvalue weighted by molar-refractivity contribution is 5.72. The molecule has 0 aromatic carbocycles. The van der Waals surface area contributed by atoms with Crippen molar-refractivity contribution in [2.45, 2.75) is 59.1 Å². The smallest absolute Gasteiger partial charge is 0.410 e. The normalized spacial score (nSPS) is 20.0. The van der Waals surface area contributed by atoms with Crippen molar-refractivity contribution in [1.82, 2.24) is 10.2 Å². The summed E-state index contributed by atoms with van der Waals surface area (Å²) in [5, 5.41) is 11.9. The number of carbonyl (C=O) groups is 2. The molecule has 1 amide bonds. The van der Waals surface area contributed by atoms with Crippen LogP contribution in [0.2, 0.25) is 0 Å². The Morgan fingerprint density at radius 2 is 1.86 bits per heavy atom. The standard InChI is InChI=1S/C15H28N2O4/c1-11(12(18)19)16-10-15(5)6-8-17(9-7-15)13(20)21-14(2,3)4/h11,16H,6-10H2,1-5H3,(H,18,19). The number of piperidine rings is 1. The quantitative estimate of drug-likeness (QED) is 0.831. The predicted molar refractivity (Wildman–Crippen MR) is 80.2 cm³/mol. The fraction of sp³-hybridized carbons (Fsp3) is 0.867. The summed E-state index contributed by atoms with van der Waals surface area (Å²) in [4.78, 5) is 24.5. The first-order valence-electron chi connectivity index (χ1n) is 7.47. The number of carbonyl (C=O) groups excluding carboxylic acids is 1. The summed E-state index contributed by atoms with van der Waals surface area (Å²) in [5.41, 5.74) is -0.460. The molecule has 1 saturated heterocycles. The molecule has 0 spiro atoms. The lowest BCUT2D eigenvalue weighted by Gasteiger charge is -2.40. The molecule has 0 aromatic heterocycles. The lowest BCUT2D eigenvalue weighted by Crippen LogP contribution is -2.49. The largest absolute Gasteiger partial charge is 0.480 e. The van der Waals surface area contributed by atoms with Gasteiger partial charge in [-0.15, -0.1) is 0 Å². The zero-order chi connectivity index (χ0) is 16.3. The Bertz CT molecular complexity index is 382. The van der Waals surface area contributed by atoms with Crippen LogP contribution in [-0.4, -0.2) is 53.3 Å². The molecule has 0 saturated carbocycles. The molecule has 1 heterocycles. The van der Waals surface area contributed by atoms with Crippen LogP contribution in [0, 0.1) is 5.41 Å². The molecule has 21 heavy (non-hydrogen) atoms. The fourth-order valence-corrected chi connectivity index (χ4v) is 2.22. The van der Waals surface area contributed by atoms with E-state index in [-0.39, 0.29) is 11.5 Å². The minimum atomic E-state index is -0.843. The van der Waals surface area contributed by atoms with Crippen molar-refractivity contribution < 1.29 is 19.4 Å². The van der Waals surface area contributed by atoms with Gasteiger partial charge < -0.3 is 20.1 Å². The Kier molecular flexibility index (Phi) is 5.61. The molecule has 2 N–H and O–H groups in total. The summed E-state index contributed by atoms with van der Waals surface area (Å²) in [6.45, 7) is 11.3. The minimum absolute atomic E-state index is 0.0161. The maximum Gasteiger partial charge on any atom is 0.410 e. The van der Waals surface area contributed by atoms with Gasteiger partial charge in [0.05, 0.1) is 0 Å². The summed E-state index contributed by atoms with van der Waals surface area (Å²) >= 11 is 0. The van der Waals surface area contributed by atoms with E-state index < -0.39 is 17.6 Å². The van der Waals surface area contributed by atoms with Gasteiger partial charge >= 0.3 is 12.1 Å². The summed E-state index contributed by atoms with van der Waals surface area (Å²) in [5.74, 6) is -0.843. The first-order chi connectivity index (χ1) is 9.52. The summed E-state index contributed by atoms with van der Waals surface area (Å²) < 4.78 is 5.37. The van der Waals surface area contributed by atoms with Crippen LogP contribution < -0.4 is 5.32 Å². The Morgan fingerprint density at radius 1 is 1.33 bits per heavy atom. The van der Waals surface area contributed by atoms with Gasteiger partial charge in [-0.1, -0.05) is 6.92 Å². The number of nitrogens with zero attached hydrogens (tertiary/aromatic N) is 1. The molecule has 0 aromatic rings. The molecule has 0 bridgehead atoms. The second-order valence-electron chi connectivity index (χ2n) is 7.22. The van der Waals surface area contributed by atoms with E-state index in [9.17, 15) is 9.59 Å². The van der Waals surface area contributed by atoms with E-state index in [4.69, 9.17) is 9.84 Å². The molecule has 1 aliphatic rings. The number of carboxylic acids is 1.